The predicted octanol–water partition coefficient (Wildman–Crippen LogP) is 2.79. The largest absolute Gasteiger partial charge is 0.388 e. The molecule has 2 aromatic carbocycles. The molecule has 0 spiro atoms. The molecule has 29 heavy (non-hydrogen) atoms. The Morgan fingerprint density at radius 3 is 2.07 bits per heavy atom. The number of benzene rings is 2. The van der Waals surface area contributed by atoms with Crippen LogP contribution in [0.1, 0.15) is 31.4 Å². The van der Waals surface area contributed by atoms with E-state index < -0.39 is 30.6 Å². The maximum absolute atomic E-state index is 11.8. The molecule has 6 heteroatoms. The molecule has 2 aromatic rings. The number of rotatable bonds is 8. The van der Waals surface area contributed by atoms with Gasteiger partial charge in [0.05, 0.1) is 19.3 Å². The highest BCUT2D eigenvalue weighted by atomic mass is 16.7. The van der Waals surface area contributed by atoms with Crippen LogP contribution in [0.4, 0.5) is 0 Å². The van der Waals surface area contributed by atoms with Crippen molar-refractivity contribution in [3.8, 4) is 0 Å². The van der Waals surface area contributed by atoms with Gasteiger partial charge < -0.3 is 24.6 Å². The van der Waals surface area contributed by atoms with Gasteiger partial charge in [0, 0.05) is 6.92 Å². The lowest BCUT2D eigenvalue weighted by Gasteiger charge is -2.44. The molecular weight excluding hydrogens is 370 g/mol. The van der Waals surface area contributed by atoms with Crippen molar-refractivity contribution in [3.05, 3.63) is 71.8 Å². The molecule has 0 aliphatic carbocycles. The normalized spacial score (nSPS) is 26.8. The number of hydrogen-bond donors (Lipinski definition) is 2. The van der Waals surface area contributed by atoms with E-state index in [1.807, 2.05) is 67.6 Å². The van der Waals surface area contributed by atoms with Crippen LogP contribution in [0, 0.1) is 0 Å². The topological polar surface area (TPSA) is 77.0 Å². The summed E-state index contributed by atoms with van der Waals surface area (Å²) in [6, 6.07) is 18.8. The van der Waals surface area contributed by atoms with Crippen molar-refractivity contribution < 1.29 is 24.1 Å². The second-order valence-electron chi connectivity index (χ2n) is 7.23. The van der Waals surface area contributed by atoms with Gasteiger partial charge in [0.2, 0.25) is 5.91 Å². The van der Waals surface area contributed by atoms with E-state index in [0.717, 1.165) is 11.1 Å². The molecular formula is C23H29NO5. The summed E-state index contributed by atoms with van der Waals surface area (Å²) in [5.74, 6) is -0.234. The summed E-state index contributed by atoms with van der Waals surface area (Å²) in [7, 11) is 0. The predicted molar refractivity (Wildman–Crippen MR) is 109 cm³/mol. The third kappa shape index (κ3) is 5.87. The summed E-state index contributed by atoms with van der Waals surface area (Å²) >= 11 is 0. The monoisotopic (exact) mass is 399 g/mol. The molecule has 1 aliphatic heterocycles. The molecule has 3 rings (SSSR count). The lowest BCUT2D eigenvalue weighted by atomic mass is 9.94. The average molecular weight is 399 g/mol. The summed E-state index contributed by atoms with van der Waals surface area (Å²) in [4.78, 5) is 11.8. The van der Waals surface area contributed by atoms with Crippen LogP contribution in [-0.4, -0.2) is 41.7 Å². The zero-order valence-corrected chi connectivity index (χ0v) is 16.9. The molecule has 1 amide bonds. The Balaban J connectivity index is 1.76. The van der Waals surface area contributed by atoms with Gasteiger partial charge in [0.15, 0.2) is 6.29 Å². The number of aliphatic hydroxyl groups is 1. The first kappa shape index (κ1) is 21.5. The van der Waals surface area contributed by atoms with E-state index in [4.69, 9.17) is 14.2 Å². The Morgan fingerprint density at radius 2 is 1.55 bits per heavy atom. The zero-order chi connectivity index (χ0) is 20.6. The maximum Gasteiger partial charge on any atom is 0.217 e. The molecule has 2 N–H and O–H groups in total. The van der Waals surface area contributed by atoms with Crippen molar-refractivity contribution in [2.75, 3.05) is 0 Å². The van der Waals surface area contributed by atoms with Crippen molar-refractivity contribution in [2.24, 2.45) is 0 Å². The lowest BCUT2D eigenvalue weighted by molar-refractivity contribution is -0.276. The molecule has 0 aromatic heterocycles. The summed E-state index contributed by atoms with van der Waals surface area (Å²) in [5.41, 5.74) is 1.99. The zero-order valence-electron chi connectivity index (χ0n) is 16.9. The second kappa shape index (κ2) is 10.5. The standard InChI is InChI=1S/C23H29NO5/c1-3-19-21(26)22(27-14-17-10-6-4-7-11-17)20(24-16(2)25)23(29-19)28-15-18-12-8-5-9-13-18/h4-13,19-23,26H,3,14-15H2,1-2H3,(H,24,25)/t19-,20+,21-,22-,23+/m1/s1. The van der Waals surface area contributed by atoms with E-state index in [-0.39, 0.29) is 5.91 Å². The van der Waals surface area contributed by atoms with Crippen LogP contribution in [0.3, 0.4) is 0 Å². The van der Waals surface area contributed by atoms with Crippen molar-refractivity contribution in [1.82, 2.24) is 5.32 Å². The Morgan fingerprint density at radius 1 is 1.00 bits per heavy atom. The maximum atomic E-state index is 11.8. The SMILES string of the molecule is CC[C@H]1O[C@H](OCc2ccccc2)[C@@H](NC(C)=O)[C@@H](OCc2ccccc2)[C@@H]1O. The fourth-order valence-electron chi connectivity index (χ4n) is 3.50. The van der Waals surface area contributed by atoms with Gasteiger partial charge in [0.1, 0.15) is 18.2 Å². The molecule has 5 atom stereocenters. The Labute approximate surface area is 171 Å². The van der Waals surface area contributed by atoms with Crippen molar-refractivity contribution in [2.45, 2.75) is 64.1 Å². The van der Waals surface area contributed by atoms with Gasteiger partial charge in [0.25, 0.3) is 0 Å². The molecule has 0 bridgehead atoms. The first-order chi connectivity index (χ1) is 14.1. The number of ether oxygens (including phenoxy) is 3. The first-order valence-corrected chi connectivity index (χ1v) is 10.00. The highest BCUT2D eigenvalue weighted by Crippen LogP contribution is 2.27. The van der Waals surface area contributed by atoms with Crippen molar-refractivity contribution >= 4 is 5.91 Å². The average Bonchev–Trinajstić information content (AvgIpc) is 2.74. The second-order valence-corrected chi connectivity index (χ2v) is 7.23. The summed E-state index contributed by atoms with van der Waals surface area (Å²) in [6.45, 7) is 4.02. The number of aliphatic hydroxyl groups excluding tert-OH is 1. The molecule has 1 heterocycles. The number of amides is 1. The molecule has 156 valence electrons. The molecule has 6 nitrogen and oxygen atoms in total. The van der Waals surface area contributed by atoms with Gasteiger partial charge in [-0.2, -0.15) is 0 Å². The molecule has 0 saturated carbocycles. The van der Waals surface area contributed by atoms with Gasteiger partial charge in [-0.15, -0.1) is 0 Å². The molecule has 1 fully saturated rings. The highest BCUT2D eigenvalue weighted by molar-refractivity contribution is 5.73. The third-order valence-electron chi connectivity index (χ3n) is 4.99. The van der Waals surface area contributed by atoms with Crippen LogP contribution >= 0.6 is 0 Å². The molecule has 1 aliphatic rings. The van der Waals surface area contributed by atoms with Gasteiger partial charge in [-0.3, -0.25) is 4.79 Å². The van der Waals surface area contributed by atoms with Crippen LogP contribution in [0.2, 0.25) is 0 Å². The minimum absolute atomic E-state index is 0.234. The first-order valence-electron chi connectivity index (χ1n) is 10.00. The smallest absolute Gasteiger partial charge is 0.217 e. The Bertz CT molecular complexity index is 754. The minimum atomic E-state index is -0.878. The van der Waals surface area contributed by atoms with Crippen LogP contribution in [0.5, 0.6) is 0 Å². The van der Waals surface area contributed by atoms with E-state index in [0.29, 0.717) is 19.6 Å². The van der Waals surface area contributed by atoms with Gasteiger partial charge >= 0.3 is 0 Å². The molecule has 0 unspecified atom stereocenters. The van der Waals surface area contributed by atoms with E-state index in [1.165, 1.54) is 6.92 Å². The third-order valence-corrected chi connectivity index (χ3v) is 4.99. The minimum Gasteiger partial charge on any atom is -0.388 e. The summed E-state index contributed by atoms with van der Waals surface area (Å²) < 4.78 is 18.1. The van der Waals surface area contributed by atoms with Crippen molar-refractivity contribution in [1.29, 1.82) is 0 Å². The summed E-state index contributed by atoms with van der Waals surface area (Å²) in [5, 5.41) is 13.7. The quantitative estimate of drug-likeness (QED) is 0.714. The molecule has 1 saturated heterocycles. The number of hydrogen-bond acceptors (Lipinski definition) is 5. The van der Waals surface area contributed by atoms with Gasteiger partial charge in [-0.05, 0) is 17.5 Å². The summed E-state index contributed by atoms with van der Waals surface area (Å²) in [6.07, 6.45) is -2.10. The van der Waals surface area contributed by atoms with Gasteiger partial charge in [-0.25, -0.2) is 0 Å². The van der Waals surface area contributed by atoms with E-state index in [2.05, 4.69) is 5.32 Å². The van der Waals surface area contributed by atoms with Crippen LogP contribution in [0.25, 0.3) is 0 Å². The van der Waals surface area contributed by atoms with Crippen LogP contribution in [-0.2, 0) is 32.2 Å². The number of carbonyl (C=O) groups is 1. The Kier molecular flexibility index (Phi) is 7.77. The van der Waals surface area contributed by atoms with Crippen molar-refractivity contribution in [3.63, 3.8) is 0 Å². The highest BCUT2D eigenvalue weighted by Gasteiger charge is 2.46. The van der Waals surface area contributed by atoms with Gasteiger partial charge in [-0.1, -0.05) is 67.6 Å². The van der Waals surface area contributed by atoms with Crippen LogP contribution in [0.15, 0.2) is 60.7 Å². The lowest BCUT2D eigenvalue weighted by Crippen LogP contribution is -2.64. The van der Waals surface area contributed by atoms with E-state index in [9.17, 15) is 9.90 Å². The fraction of sp³-hybridized carbons (Fsp3) is 0.435. The number of carbonyl (C=O) groups excluding carboxylic acids is 1. The van der Waals surface area contributed by atoms with Crippen LogP contribution < -0.4 is 5.32 Å². The fourth-order valence-corrected chi connectivity index (χ4v) is 3.50. The Hall–Kier alpha value is -2.25. The number of nitrogens with one attached hydrogen (secondary N) is 1. The molecule has 0 radical (unpaired) electrons. The van der Waals surface area contributed by atoms with E-state index >= 15 is 0 Å². The van der Waals surface area contributed by atoms with E-state index in [1.54, 1.807) is 0 Å².